The Kier molecular flexibility index (Phi) is 2.98. The highest BCUT2D eigenvalue weighted by atomic mass is 16.1. The molecule has 0 spiro atoms. The zero-order valence-corrected chi connectivity index (χ0v) is 11.2. The molecule has 2 aliphatic rings. The fourth-order valence-corrected chi connectivity index (χ4v) is 3.69. The summed E-state index contributed by atoms with van der Waals surface area (Å²) in [5, 5.41) is 0. The summed E-state index contributed by atoms with van der Waals surface area (Å²) in [6, 6.07) is 9.28. The van der Waals surface area contributed by atoms with Crippen molar-refractivity contribution in [3.63, 3.8) is 0 Å². The summed E-state index contributed by atoms with van der Waals surface area (Å²) in [5.74, 6) is 0.623. The average molecular weight is 243 g/mol. The minimum absolute atomic E-state index is 0.250. The molecule has 0 aromatic heterocycles. The Labute approximate surface area is 109 Å². The lowest BCUT2D eigenvalue weighted by atomic mass is 9.84. The molecule has 2 heterocycles. The molecule has 1 aromatic carbocycles. The fraction of sp³-hybridized carbons (Fsp3) is 0.562. The van der Waals surface area contributed by atoms with Crippen LogP contribution in [0.2, 0.25) is 0 Å². The van der Waals surface area contributed by atoms with Crippen molar-refractivity contribution in [1.29, 1.82) is 0 Å². The van der Waals surface area contributed by atoms with Gasteiger partial charge in [0.25, 0.3) is 0 Å². The first kappa shape index (κ1) is 11.9. The maximum absolute atomic E-state index is 12.6. The van der Waals surface area contributed by atoms with Crippen LogP contribution in [-0.2, 0) is 0 Å². The van der Waals surface area contributed by atoms with E-state index in [0.717, 1.165) is 24.0 Å². The van der Waals surface area contributed by atoms with Crippen molar-refractivity contribution in [1.82, 2.24) is 4.90 Å². The van der Waals surface area contributed by atoms with Crippen LogP contribution in [0, 0.1) is 12.8 Å². The maximum atomic E-state index is 12.6. The highest BCUT2D eigenvalue weighted by molar-refractivity contribution is 5.99. The van der Waals surface area contributed by atoms with Crippen LogP contribution in [0.5, 0.6) is 0 Å². The first-order chi connectivity index (χ1) is 8.66. The second kappa shape index (κ2) is 4.51. The number of hydrogen-bond donors (Lipinski definition) is 0. The van der Waals surface area contributed by atoms with Crippen LogP contribution >= 0.6 is 0 Å². The zero-order chi connectivity index (χ0) is 12.7. The molecule has 2 atom stereocenters. The number of hydrogen-bond acceptors (Lipinski definition) is 2. The second-order valence-corrected chi connectivity index (χ2v) is 5.90. The van der Waals surface area contributed by atoms with Gasteiger partial charge in [-0.15, -0.1) is 0 Å². The van der Waals surface area contributed by atoms with Gasteiger partial charge in [0.15, 0.2) is 5.78 Å². The summed E-state index contributed by atoms with van der Waals surface area (Å²) in [5.41, 5.74) is 2.06. The molecule has 2 bridgehead atoms. The van der Waals surface area contributed by atoms with Crippen LogP contribution in [0.4, 0.5) is 0 Å². The highest BCUT2D eigenvalue weighted by Gasteiger charge is 2.41. The zero-order valence-electron chi connectivity index (χ0n) is 11.2. The van der Waals surface area contributed by atoms with Gasteiger partial charge in [0.05, 0.1) is 0 Å². The van der Waals surface area contributed by atoms with Gasteiger partial charge in [0.2, 0.25) is 0 Å². The first-order valence-corrected chi connectivity index (χ1v) is 6.98. The summed E-state index contributed by atoms with van der Waals surface area (Å²) in [4.78, 5) is 15.1. The quantitative estimate of drug-likeness (QED) is 0.744. The molecule has 2 aliphatic heterocycles. The minimum atomic E-state index is 0.250. The van der Waals surface area contributed by atoms with Crippen LogP contribution in [0.3, 0.4) is 0 Å². The molecule has 2 nitrogen and oxygen atoms in total. The van der Waals surface area contributed by atoms with E-state index >= 15 is 0 Å². The Hall–Kier alpha value is -1.15. The second-order valence-electron chi connectivity index (χ2n) is 5.90. The number of fused-ring (bicyclic) bond motifs is 2. The molecule has 0 N–H and O–H groups in total. The number of rotatable bonds is 2. The molecule has 3 rings (SSSR count). The molecule has 0 radical (unpaired) electrons. The number of nitrogens with zero attached hydrogens (tertiary/aromatic N) is 1. The average Bonchev–Trinajstić information content (AvgIpc) is 2.61. The van der Waals surface area contributed by atoms with Gasteiger partial charge in [-0.05, 0) is 45.2 Å². The van der Waals surface area contributed by atoms with Crippen molar-refractivity contribution in [3.05, 3.63) is 35.4 Å². The Balaban J connectivity index is 1.81. The van der Waals surface area contributed by atoms with E-state index in [0.29, 0.717) is 17.9 Å². The number of carbonyl (C=O) groups is 1. The smallest absolute Gasteiger partial charge is 0.166 e. The van der Waals surface area contributed by atoms with E-state index in [1.54, 1.807) is 0 Å². The Morgan fingerprint density at radius 2 is 1.78 bits per heavy atom. The fourth-order valence-electron chi connectivity index (χ4n) is 3.69. The Morgan fingerprint density at radius 1 is 1.17 bits per heavy atom. The molecular formula is C16H21NO. The molecule has 1 aromatic rings. The van der Waals surface area contributed by atoms with Crippen LogP contribution < -0.4 is 0 Å². The number of piperidine rings is 1. The maximum Gasteiger partial charge on any atom is 0.166 e. The molecule has 0 amide bonds. The topological polar surface area (TPSA) is 20.3 Å². The molecule has 2 fully saturated rings. The highest BCUT2D eigenvalue weighted by Crippen LogP contribution is 2.38. The van der Waals surface area contributed by atoms with Crippen LogP contribution in [0.1, 0.15) is 41.6 Å². The van der Waals surface area contributed by atoms with Gasteiger partial charge in [0.1, 0.15) is 0 Å². The summed E-state index contributed by atoms with van der Waals surface area (Å²) in [6.07, 6.45) is 4.66. The Bertz CT molecular complexity index is 454. The van der Waals surface area contributed by atoms with E-state index in [-0.39, 0.29) is 5.92 Å². The summed E-state index contributed by atoms with van der Waals surface area (Å²) in [7, 11) is 2.22. The third-order valence-electron chi connectivity index (χ3n) is 4.88. The molecule has 96 valence electrons. The molecule has 0 aliphatic carbocycles. The van der Waals surface area contributed by atoms with Crippen LogP contribution in [0.25, 0.3) is 0 Å². The standard InChI is InChI=1S/C16H21NO/c1-11-5-3-4-6-15(11)16(18)12-9-13-7-8-14(10-12)17(13)2/h3-6,12-14H,7-10H2,1-2H3. The minimum Gasteiger partial charge on any atom is -0.300 e. The third-order valence-corrected chi connectivity index (χ3v) is 4.88. The van der Waals surface area contributed by atoms with Crippen molar-refractivity contribution in [3.8, 4) is 0 Å². The Morgan fingerprint density at radius 3 is 2.39 bits per heavy atom. The summed E-state index contributed by atoms with van der Waals surface area (Å²) in [6.45, 7) is 2.04. The van der Waals surface area contributed by atoms with E-state index < -0.39 is 0 Å². The molecule has 2 saturated heterocycles. The normalized spacial score (nSPS) is 31.6. The summed E-state index contributed by atoms with van der Waals surface area (Å²) < 4.78 is 0. The van der Waals surface area contributed by atoms with Crippen LogP contribution in [0.15, 0.2) is 24.3 Å². The largest absolute Gasteiger partial charge is 0.300 e. The molecule has 2 heteroatoms. The predicted octanol–water partition coefficient (Wildman–Crippen LogP) is 3.05. The lowest BCUT2D eigenvalue weighted by Crippen LogP contribution is -2.42. The molecule has 0 saturated carbocycles. The number of Topliss-reactive ketones (excluding diaryl/α,β-unsaturated/α-hetero) is 1. The number of benzene rings is 1. The molecule has 2 unspecified atom stereocenters. The van der Waals surface area contributed by atoms with Gasteiger partial charge in [-0.2, -0.15) is 0 Å². The van der Waals surface area contributed by atoms with Gasteiger partial charge < -0.3 is 4.90 Å². The van der Waals surface area contributed by atoms with Crippen LogP contribution in [-0.4, -0.2) is 29.8 Å². The van der Waals surface area contributed by atoms with E-state index in [1.165, 1.54) is 12.8 Å². The predicted molar refractivity (Wildman–Crippen MR) is 72.8 cm³/mol. The lowest BCUT2D eigenvalue weighted by molar-refractivity contribution is 0.0766. The van der Waals surface area contributed by atoms with Crippen molar-refractivity contribution in [2.24, 2.45) is 5.92 Å². The molecule has 18 heavy (non-hydrogen) atoms. The van der Waals surface area contributed by atoms with Crippen molar-refractivity contribution in [2.45, 2.75) is 44.7 Å². The van der Waals surface area contributed by atoms with Crippen molar-refractivity contribution < 1.29 is 4.79 Å². The number of ketones is 1. The van der Waals surface area contributed by atoms with E-state index in [1.807, 2.05) is 31.2 Å². The van der Waals surface area contributed by atoms with Crippen molar-refractivity contribution >= 4 is 5.78 Å². The SMILES string of the molecule is Cc1ccccc1C(=O)C1CC2CCC(C1)N2C. The van der Waals surface area contributed by atoms with Gasteiger partial charge in [-0.1, -0.05) is 24.3 Å². The number of carbonyl (C=O) groups excluding carboxylic acids is 1. The lowest BCUT2D eigenvalue weighted by Gasteiger charge is -2.35. The first-order valence-electron chi connectivity index (χ1n) is 6.98. The van der Waals surface area contributed by atoms with Crippen molar-refractivity contribution in [2.75, 3.05) is 7.05 Å². The van der Waals surface area contributed by atoms with Gasteiger partial charge in [-0.25, -0.2) is 0 Å². The van der Waals surface area contributed by atoms with E-state index in [4.69, 9.17) is 0 Å². The monoisotopic (exact) mass is 243 g/mol. The number of aryl methyl sites for hydroxylation is 1. The van der Waals surface area contributed by atoms with E-state index in [9.17, 15) is 4.79 Å². The summed E-state index contributed by atoms with van der Waals surface area (Å²) >= 11 is 0. The molecular weight excluding hydrogens is 222 g/mol. The van der Waals surface area contributed by atoms with Gasteiger partial charge in [0, 0.05) is 23.6 Å². The van der Waals surface area contributed by atoms with Gasteiger partial charge in [-0.3, -0.25) is 4.79 Å². The van der Waals surface area contributed by atoms with E-state index in [2.05, 4.69) is 11.9 Å². The van der Waals surface area contributed by atoms with Gasteiger partial charge >= 0.3 is 0 Å². The third kappa shape index (κ3) is 1.89.